The first kappa shape index (κ1) is 12.5. The van der Waals surface area contributed by atoms with Gasteiger partial charge in [-0.2, -0.15) is 0 Å². The van der Waals surface area contributed by atoms with E-state index in [0.717, 1.165) is 12.8 Å². The minimum Gasteiger partial charge on any atom is -0.463 e. The number of esters is 1. The zero-order valence-corrected chi connectivity index (χ0v) is 9.46. The predicted octanol–water partition coefficient (Wildman–Crippen LogP) is 3.01. The van der Waals surface area contributed by atoms with Gasteiger partial charge in [0.2, 0.25) is 0 Å². The average Bonchev–Trinajstić information content (AvgIpc) is 1.98. The Hall–Kier alpha value is -0.530. The molecule has 13 heavy (non-hydrogen) atoms. The van der Waals surface area contributed by atoms with Crippen LogP contribution in [0.5, 0.6) is 0 Å². The molecule has 0 aromatic carbocycles. The lowest BCUT2D eigenvalue weighted by molar-refractivity contribution is -0.145. The van der Waals surface area contributed by atoms with E-state index in [1.807, 2.05) is 6.92 Å². The van der Waals surface area contributed by atoms with Gasteiger partial charge in [0.1, 0.15) is 0 Å². The van der Waals surface area contributed by atoms with Crippen LogP contribution in [0, 0.1) is 11.8 Å². The van der Waals surface area contributed by atoms with E-state index in [1.54, 1.807) is 0 Å². The molecule has 0 aromatic rings. The van der Waals surface area contributed by atoms with Gasteiger partial charge in [-0.25, -0.2) is 0 Å². The molecule has 0 bridgehead atoms. The molecular weight excluding hydrogens is 164 g/mol. The second kappa shape index (κ2) is 6.01. The van der Waals surface area contributed by atoms with Crippen molar-refractivity contribution in [3.63, 3.8) is 0 Å². The molecule has 0 rings (SSSR count). The molecule has 0 aromatic heterocycles. The summed E-state index contributed by atoms with van der Waals surface area (Å²) in [5, 5.41) is 0. The van der Waals surface area contributed by atoms with Crippen molar-refractivity contribution in [1.29, 1.82) is 0 Å². The van der Waals surface area contributed by atoms with E-state index in [0.29, 0.717) is 11.8 Å². The Labute approximate surface area is 81.7 Å². The zero-order chi connectivity index (χ0) is 10.4. The molecule has 2 unspecified atom stereocenters. The van der Waals surface area contributed by atoms with E-state index in [1.165, 1.54) is 6.92 Å². The van der Waals surface area contributed by atoms with Crippen LogP contribution in [0.4, 0.5) is 0 Å². The Morgan fingerprint density at radius 3 is 2.08 bits per heavy atom. The molecule has 0 fully saturated rings. The summed E-state index contributed by atoms with van der Waals surface area (Å²) in [5.41, 5.74) is 0. The Morgan fingerprint density at radius 2 is 1.69 bits per heavy atom. The number of rotatable bonds is 5. The number of ether oxygens (including phenoxy) is 1. The smallest absolute Gasteiger partial charge is 0.302 e. The molecule has 0 N–H and O–H groups in total. The van der Waals surface area contributed by atoms with Gasteiger partial charge < -0.3 is 4.74 Å². The standard InChI is InChI=1S/C11H22O2/c1-8(2)9(3)6-7-10(4)13-11(5)12/h8-10H,6-7H2,1-5H3. The van der Waals surface area contributed by atoms with Crippen LogP contribution < -0.4 is 0 Å². The van der Waals surface area contributed by atoms with Crippen LogP contribution in [0.3, 0.4) is 0 Å². The Balaban J connectivity index is 3.57. The van der Waals surface area contributed by atoms with E-state index in [-0.39, 0.29) is 12.1 Å². The summed E-state index contributed by atoms with van der Waals surface area (Å²) in [4.78, 5) is 10.6. The van der Waals surface area contributed by atoms with Gasteiger partial charge in [-0.05, 0) is 31.6 Å². The highest BCUT2D eigenvalue weighted by Crippen LogP contribution is 2.17. The topological polar surface area (TPSA) is 26.3 Å². The molecule has 0 saturated heterocycles. The van der Waals surface area contributed by atoms with E-state index >= 15 is 0 Å². The number of carbonyl (C=O) groups excluding carboxylic acids is 1. The Morgan fingerprint density at radius 1 is 1.15 bits per heavy atom. The third-order valence-electron chi connectivity index (χ3n) is 2.53. The molecule has 0 saturated carbocycles. The van der Waals surface area contributed by atoms with Gasteiger partial charge in [0.25, 0.3) is 0 Å². The predicted molar refractivity (Wildman–Crippen MR) is 54.5 cm³/mol. The molecule has 0 radical (unpaired) electrons. The molecule has 0 heterocycles. The summed E-state index contributed by atoms with van der Waals surface area (Å²) < 4.78 is 5.04. The molecular formula is C11H22O2. The SMILES string of the molecule is CC(=O)OC(C)CCC(C)C(C)C. The van der Waals surface area contributed by atoms with Crippen LogP contribution >= 0.6 is 0 Å². The summed E-state index contributed by atoms with van der Waals surface area (Å²) in [6.45, 7) is 10.1. The third kappa shape index (κ3) is 6.62. The molecule has 0 amide bonds. The van der Waals surface area contributed by atoms with Crippen LogP contribution in [0.2, 0.25) is 0 Å². The lowest BCUT2D eigenvalue weighted by atomic mass is 9.92. The van der Waals surface area contributed by atoms with Gasteiger partial charge in [-0.15, -0.1) is 0 Å². The van der Waals surface area contributed by atoms with E-state index < -0.39 is 0 Å². The minimum atomic E-state index is -0.176. The lowest BCUT2D eigenvalue weighted by Crippen LogP contribution is -2.14. The third-order valence-corrected chi connectivity index (χ3v) is 2.53. The van der Waals surface area contributed by atoms with E-state index in [2.05, 4.69) is 20.8 Å². The Kier molecular flexibility index (Phi) is 5.76. The first-order valence-electron chi connectivity index (χ1n) is 5.10. The highest BCUT2D eigenvalue weighted by atomic mass is 16.5. The quantitative estimate of drug-likeness (QED) is 0.617. The fraction of sp³-hybridized carbons (Fsp3) is 0.909. The molecule has 78 valence electrons. The minimum absolute atomic E-state index is 0.0682. The first-order valence-corrected chi connectivity index (χ1v) is 5.10. The van der Waals surface area contributed by atoms with Crippen LogP contribution in [0.1, 0.15) is 47.5 Å². The summed E-state index contributed by atoms with van der Waals surface area (Å²) in [5.74, 6) is 1.24. The van der Waals surface area contributed by atoms with Crippen molar-refractivity contribution in [2.24, 2.45) is 11.8 Å². The first-order chi connectivity index (χ1) is 5.93. The van der Waals surface area contributed by atoms with Crippen molar-refractivity contribution in [3.05, 3.63) is 0 Å². The highest BCUT2D eigenvalue weighted by Gasteiger charge is 2.11. The van der Waals surface area contributed by atoms with Crippen molar-refractivity contribution >= 4 is 5.97 Å². The second-order valence-electron chi connectivity index (χ2n) is 4.22. The Bertz CT molecular complexity index is 152. The molecule has 0 aliphatic carbocycles. The normalized spacial score (nSPS) is 15.5. The molecule has 0 spiro atoms. The largest absolute Gasteiger partial charge is 0.463 e. The summed E-state index contributed by atoms with van der Waals surface area (Å²) in [7, 11) is 0. The van der Waals surface area contributed by atoms with Gasteiger partial charge >= 0.3 is 5.97 Å². The fourth-order valence-electron chi connectivity index (χ4n) is 1.17. The summed E-state index contributed by atoms with van der Waals surface area (Å²) in [6.07, 6.45) is 2.17. The van der Waals surface area contributed by atoms with Gasteiger partial charge in [0.15, 0.2) is 0 Å². The maximum absolute atomic E-state index is 10.6. The van der Waals surface area contributed by atoms with Crippen LogP contribution in [-0.2, 0) is 9.53 Å². The van der Waals surface area contributed by atoms with Crippen LogP contribution in [0.25, 0.3) is 0 Å². The van der Waals surface area contributed by atoms with Gasteiger partial charge in [0.05, 0.1) is 6.10 Å². The second-order valence-corrected chi connectivity index (χ2v) is 4.22. The lowest BCUT2D eigenvalue weighted by Gasteiger charge is -2.18. The van der Waals surface area contributed by atoms with Crippen molar-refractivity contribution in [2.45, 2.75) is 53.6 Å². The zero-order valence-electron chi connectivity index (χ0n) is 9.46. The van der Waals surface area contributed by atoms with Crippen molar-refractivity contribution in [2.75, 3.05) is 0 Å². The number of hydrogen-bond donors (Lipinski definition) is 0. The van der Waals surface area contributed by atoms with Crippen LogP contribution in [-0.4, -0.2) is 12.1 Å². The van der Waals surface area contributed by atoms with E-state index in [9.17, 15) is 4.79 Å². The molecule has 2 nitrogen and oxygen atoms in total. The summed E-state index contributed by atoms with van der Waals surface area (Å²) >= 11 is 0. The maximum atomic E-state index is 10.6. The van der Waals surface area contributed by atoms with Gasteiger partial charge in [-0.1, -0.05) is 20.8 Å². The van der Waals surface area contributed by atoms with Crippen molar-refractivity contribution in [3.8, 4) is 0 Å². The average molecular weight is 186 g/mol. The van der Waals surface area contributed by atoms with Gasteiger partial charge in [0, 0.05) is 6.92 Å². The highest BCUT2D eigenvalue weighted by molar-refractivity contribution is 5.66. The van der Waals surface area contributed by atoms with Gasteiger partial charge in [-0.3, -0.25) is 4.79 Å². The maximum Gasteiger partial charge on any atom is 0.302 e. The monoisotopic (exact) mass is 186 g/mol. The summed E-state index contributed by atoms with van der Waals surface area (Å²) in [6, 6.07) is 0. The molecule has 0 aliphatic heterocycles. The van der Waals surface area contributed by atoms with Crippen LogP contribution in [0.15, 0.2) is 0 Å². The van der Waals surface area contributed by atoms with Crippen molar-refractivity contribution < 1.29 is 9.53 Å². The number of hydrogen-bond acceptors (Lipinski definition) is 2. The number of carbonyl (C=O) groups is 1. The fourth-order valence-corrected chi connectivity index (χ4v) is 1.17. The van der Waals surface area contributed by atoms with E-state index in [4.69, 9.17) is 4.74 Å². The molecule has 2 atom stereocenters. The molecule has 2 heteroatoms. The van der Waals surface area contributed by atoms with Crippen molar-refractivity contribution in [1.82, 2.24) is 0 Å². The molecule has 0 aliphatic rings.